The second kappa shape index (κ2) is 7.38. The Bertz CT molecular complexity index is 888. The number of hydrogen-bond acceptors (Lipinski definition) is 6. The van der Waals surface area contributed by atoms with Crippen molar-refractivity contribution < 1.29 is 14.3 Å². The van der Waals surface area contributed by atoms with Crippen LogP contribution in [0, 0.1) is 5.41 Å². The van der Waals surface area contributed by atoms with E-state index < -0.39 is 5.97 Å². The van der Waals surface area contributed by atoms with Gasteiger partial charge in [-0.25, -0.2) is 0 Å². The van der Waals surface area contributed by atoms with Gasteiger partial charge in [0.1, 0.15) is 18.2 Å². The minimum absolute atomic E-state index is 0.0516. The lowest BCUT2D eigenvalue weighted by molar-refractivity contribution is -0.223. The van der Waals surface area contributed by atoms with Gasteiger partial charge in [-0.1, -0.05) is 36.6 Å². The van der Waals surface area contributed by atoms with Crippen molar-refractivity contribution in [2.24, 2.45) is 5.41 Å². The van der Waals surface area contributed by atoms with Gasteiger partial charge in [-0.3, -0.25) is 9.59 Å². The highest BCUT2D eigenvalue weighted by atomic mass is 16.6. The summed E-state index contributed by atoms with van der Waals surface area (Å²) < 4.78 is 12.8. The number of fused-ring (bicyclic) bond motifs is 1. The molecule has 7 heteroatoms. The molecule has 2 saturated carbocycles. The van der Waals surface area contributed by atoms with E-state index in [2.05, 4.69) is 10.3 Å². The number of carbonyl (C=O) groups excluding carboxylic acids is 1. The van der Waals surface area contributed by atoms with Crippen LogP contribution in [0.1, 0.15) is 45.4 Å². The van der Waals surface area contributed by atoms with Crippen LogP contribution in [0.3, 0.4) is 0 Å². The highest BCUT2D eigenvalue weighted by Gasteiger charge is 2.57. The van der Waals surface area contributed by atoms with Gasteiger partial charge in [0.25, 0.3) is 5.56 Å². The monoisotopic (exact) mass is 371 g/mol. The molecule has 1 aromatic carbocycles. The molecule has 2 atom stereocenters. The third kappa shape index (κ3) is 3.25. The van der Waals surface area contributed by atoms with Crippen LogP contribution in [-0.4, -0.2) is 39.8 Å². The molecule has 1 heterocycles. The summed E-state index contributed by atoms with van der Waals surface area (Å²) in [5, 5.41) is 8.34. The van der Waals surface area contributed by atoms with Crippen LogP contribution in [-0.2, 0) is 20.8 Å². The summed E-state index contributed by atoms with van der Waals surface area (Å²) in [6.07, 6.45) is 6.35. The number of carbonyl (C=O) groups is 1. The minimum Gasteiger partial charge on any atom is -0.460 e. The third-order valence-corrected chi connectivity index (χ3v) is 6.04. The van der Waals surface area contributed by atoms with E-state index in [1.165, 1.54) is 6.42 Å². The van der Waals surface area contributed by atoms with Crippen LogP contribution in [0.4, 0.5) is 0 Å². The SMILES string of the molecule is CCO[C@H]1C[C@H](OC(=O)Cn2nnc3ccccc3c2=O)C12CCCCC2. The molecule has 1 spiro atoms. The largest absolute Gasteiger partial charge is 0.460 e. The van der Waals surface area contributed by atoms with E-state index in [1.54, 1.807) is 24.3 Å². The molecule has 2 aliphatic rings. The van der Waals surface area contributed by atoms with Crippen LogP contribution in [0.15, 0.2) is 29.1 Å². The zero-order valence-corrected chi connectivity index (χ0v) is 15.6. The van der Waals surface area contributed by atoms with Crippen molar-refractivity contribution in [1.29, 1.82) is 0 Å². The van der Waals surface area contributed by atoms with E-state index in [-0.39, 0.29) is 29.7 Å². The maximum Gasteiger partial charge on any atom is 0.328 e. The smallest absolute Gasteiger partial charge is 0.328 e. The molecule has 4 rings (SSSR count). The molecule has 7 nitrogen and oxygen atoms in total. The first-order valence-electron chi connectivity index (χ1n) is 9.77. The fourth-order valence-corrected chi connectivity index (χ4v) is 4.61. The molecule has 0 radical (unpaired) electrons. The Morgan fingerprint density at radius 2 is 2.00 bits per heavy atom. The van der Waals surface area contributed by atoms with Crippen LogP contribution in [0.25, 0.3) is 10.9 Å². The summed E-state index contributed by atoms with van der Waals surface area (Å²) in [6, 6.07) is 6.97. The van der Waals surface area contributed by atoms with Crippen molar-refractivity contribution in [3.63, 3.8) is 0 Å². The van der Waals surface area contributed by atoms with Crippen molar-refractivity contribution in [1.82, 2.24) is 15.0 Å². The molecule has 2 aromatic rings. The first-order valence-corrected chi connectivity index (χ1v) is 9.77. The number of nitrogens with zero attached hydrogens (tertiary/aromatic N) is 3. The van der Waals surface area contributed by atoms with Crippen molar-refractivity contribution in [2.75, 3.05) is 6.61 Å². The first kappa shape index (κ1) is 18.1. The second-order valence-electron chi connectivity index (χ2n) is 7.52. The van der Waals surface area contributed by atoms with Gasteiger partial charge in [-0.15, -0.1) is 5.10 Å². The molecule has 0 N–H and O–H groups in total. The van der Waals surface area contributed by atoms with Gasteiger partial charge in [-0.2, -0.15) is 4.68 Å². The second-order valence-corrected chi connectivity index (χ2v) is 7.52. The number of esters is 1. The fraction of sp³-hybridized carbons (Fsp3) is 0.600. The van der Waals surface area contributed by atoms with Crippen molar-refractivity contribution in [3.05, 3.63) is 34.6 Å². The molecule has 27 heavy (non-hydrogen) atoms. The fourth-order valence-electron chi connectivity index (χ4n) is 4.61. The normalized spacial score (nSPS) is 23.9. The number of rotatable bonds is 5. The number of hydrogen-bond donors (Lipinski definition) is 0. The van der Waals surface area contributed by atoms with E-state index in [0.29, 0.717) is 17.5 Å². The summed E-state index contributed by atoms with van der Waals surface area (Å²) in [5.41, 5.74) is 0.141. The van der Waals surface area contributed by atoms with Gasteiger partial charge in [0, 0.05) is 18.4 Å². The molecular formula is C20H25N3O4. The van der Waals surface area contributed by atoms with Gasteiger partial charge in [-0.05, 0) is 31.9 Å². The third-order valence-electron chi connectivity index (χ3n) is 6.04. The molecule has 0 unspecified atom stereocenters. The zero-order chi connectivity index (χ0) is 18.9. The number of ether oxygens (including phenoxy) is 2. The van der Waals surface area contributed by atoms with Crippen LogP contribution < -0.4 is 5.56 Å². The zero-order valence-electron chi connectivity index (χ0n) is 15.6. The Kier molecular flexibility index (Phi) is 4.95. The Morgan fingerprint density at radius 1 is 1.22 bits per heavy atom. The Morgan fingerprint density at radius 3 is 2.78 bits per heavy atom. The van der Waals surface area contributed by atoms with E-state index in [4.69, 9.17) is 9.47 Å². The average Bonchev–Trinajstić information content (AvgIpc) is 2.70. The lowest BCUT2D eigenvalue weighted by atomic mass is 9.56. The van der Waals surface area contributed by atoms with Crippen LogP contribution in [0.5, 0.6) is 0 Å². The molecule has 0 bridgehead atoms. The predicted molar refractivity (Wildman–Crippen MR) is 99.2 cm³/mol. The van der Waals surface area contributed by atoms with Gasteiger partial charge in [0.2, 0.25) is 0 Å². The summed E-state index contributed by atoms with van der Waals surface area (Å²) in [4.78, 5) is 25.0. The van der Waals surface area contributed by atoms with Crippen LogP contribution >= 0.6 is 0 Å². The van der Waals surface area contributed by atoms with Crippen LogP contribution in [0.2, 0.25) is 0 Å². The average molecular weight is 371 g/mol. The summed E-state index contributed by atoms with van der Waals surface area (Å²) in [6.45, 7) is 2.46. The molecule has 1 aromatic heterocycles. The molecule has 144 valence electrons. The lowest BCUT2D eigenvalue weighted by Crippen LogP contribution is -2.60. The highest BCUT2D eigenvalue weighted by Crippen LogP contribution is 2.54. The summed E-state index contributed by atoms with van der Waals surface area (Å²) in [5.74, 6) is -0.438. The molecule has 0 saturated heterocycles. The quantitative estimate of drug-likeness (QED) is 0.751. The number of benzene rings is 1. The molecule has 0 amide bonds. The van der Waals surface area contributed by atoms with E-state index in [1.807, 2.05) is 6.92 Å². The van der Waals surface area contributed by atoms with E-state index in [9.17, 15) is 9.59 Å². The van der Waals surface area contributed by atoms with Gasteiger partial charge >= 0.3 is 5.97 Å². The first-order chi connectivity index (χ1) is 13.1. The van der Waals surface area contributed by atoms with Gasteiger partial charge in [0.15, 0.2) is 0 Å². The topological polar surface area (TPSA) is 83.3 Å². The Balaban J connectivity index is 1.47. The maximum absolute atomic E-state index is 12.5. The van der Waals surface area contributed by atoms with E-state index >= 15 is 0 Å². The van der Waals surface area contributed by atoms with Crippen molar-refractivity contribution in [2.45, 2.75) is 64.2 Å². The molecule has 2 aliphatic carbocycles. The summed E-state index contributed by atoms with van der Waals surface area (Å²) in [7, 11) is 0. The molecular weight excluding hydrogens is 346 g/mol. The van der Waals surface area contributed by atoms with Crippen molar-refractivity contribution >= 4 is 16.9 Å². The highest BCUT2D eigenvalue weighted by molar-refractivity contribution is 5.77. The molecule has 0 aliphatic heterocycles. The van der Waals surface area contributed by atoms with Gasteiger partial charge < -0.3 is 9.47 Å². The maximum atomic E-state index is 12.5. The number of aromatic nitrogens is 3. The van der Waals surface area contributed by atoms with E-state index in [0.717, 1.165) is 36.8 Å². The standard InChI is InChI=1S/C20H25N3O4/c1-2-26-16-12-17(20(16)10-6-3-7-11-20)27-18(24)13-23-19(25)14-8-4-5-9-15(14)21-22-23/h4-5,8-9,16-17H,2-3,6-7,10-13H2,1H3/t16-,17-/m0/s1. The molecule has 2 fully saturated rings. The predicted octanol–water partition coefficient (Wildman–Crippen LogP) is 2.46. The van der Waals surface area contributed by atoms with Crippen molar-refractivity contribution in [3.8, 4) is 0 Å². The lowest BCUT2D eigenvalue weighted by Gasteiger charge is -2.56. The Hall–Kier alpha value is -2.28. The van der Waals surface area contributed by atoms with Gasteiger partial charge in [0.05, 0.1) is 11.5 Å². The minimum atomic E-state index is -0.438. The Labute approximate surface area is 157 Å². The summed E-state index contributed by atoms with van der Waals surface area (Å²) >= 11 is 0.